The Bertz CT molecular complexity index is 564. The Labute approximate surface area is 114 Å². The second-order valence-corrected chi connectivity index (χ2v) is 6.96. The van der Waals surface area contributed by atoms with Crippen molar-refractivity contribution < 1.29 is 8.42 Å². The smallest absolute Gasteiger partial charge is 0.207 e. The Morgan fingerprint density at radius 2 is 1.84 bits per heavy atom. The number of nitrogens with zero attached hydrogens (tertiary/aromatic N) is 2. The molecule has 0 atom stereocenters. The summed E-state index contributed by atoms with van der Waals surface area (Å²) in [6.45, 7) is 2.97. The number of hydrogen-bond donors (Lipinski definition) is 0. The van der Waals surface area contributed by atoms with E-state index < -0.39 is 10.0 Å². The number of benzene rings is 1. The van der Waals surface area contributed by atoms with Crippen molar-refractivity contribution in [1.82, 2.24) is 4.31 Å². The molecule has 0 N–H and O–H groups in total. The van der Waals surface area contributed by atoms with Gasteiger partial charge in [0.15, 0.2) is 0 Å². The summed E-state index contributed by atoms with van der Waals surface area (Å²) in [5.74, 6) is 0.342. The second kappa shape index (κ2) is 5.72. The number of aryl methyl sites for hydroxylation is 1. The van der Waals surface area contributed by atoms with Crippen LogP contribution in [0.5, 0.6) is 0 Å². The Hall–Kier alpha value is -1.38. The fraction of sp³-hybridized carbons (Fsp3) is 0.500. The summed E-state index contributed by atoms with van der Waals surface area (Å²) in [4.78, 5) is 0.358. The third-order valence-corrected chi connectivity index (χ3v) is 5.53. The SMILES string of the molecule is Cc1ccc(S(=O)(=O)N2CCC(CC#N)CC2)cc1. The molecule has 0 radical (unpaired) electrons. The summed E-state index contributed by atoms with van der Waals surface area (Å²) >= 11 is 0. The summed E-state index contributed by atoms with van der Waals surface area (Å²) in [5.41, 5.74) is 1.05. The molecule has 0 unspecified atom stereocenters. The van der Waals surface area contributed by atoms with E-state index in [1.165, 1.54) is 4.31 Å². The van der Waals surface area contributed by atoms with Crippen LogP contribution in [-0.4, -0.2) is 25.8 Å². The zero-order chi connectivity index (χ0) is 13.9. The van der Waals surface area contributed by atoms with Crippen LogP contribution in [0.4, 0.5) is 0 Å². The van der Waals surface area contributed by atoms with E-state index in [1.807, 2.05) is 19.1 Å². The molecule has 0 saturated carbocycles. The molecule has 1 aliphatic heterocycles. The van der Waals surface area contributed by atoms with Gasteiger partial charge in [0, 0.05) is 19.5 Å². The first-order valence-corrected chi connectivity index (χ1v) is 7.92. The van der Waals surface area contributed by atoms with Crippen LogP contribution < -0.4 is 0 Å². The first kappa shape index (κ1) is 14.0. The summed E-state index contributed by atoms with van der Waals surface area (Å²) < 4.78 is 26.4. The van der Waals surface area contributed by atoms with E-state index in [0.717, 1.165) is 18.4 Å². The number of nitriles is 1. The molecular weight excluding hydrogens is 260 g/mol. The zero-order valence-corrected chi connectivity index (χ0v) is 11.9. The maximum Gasteiger partial charge on any atom is 0.243 e. The van der Waals surface area contributed by atoms with Gasteiger partial charge in [-0.2, -0.15) is 9.57 Å². The van der Waals surface area contributed by atoms with E-state index in [-0.39, 0.29) is 0 Å². The zero-order valence-electron chi connectivity index (χ0n) is 11.0. The maximum atomic E-state index is 12.4. The van der Waals surface area contributed by atoms with E-state index in [2.05, 4.69) is 6.07 Å². The van der Waals surface area contributed by atoms with Crippen molar-refractivity contribution in [1.29, 1.82) is 5.26 Å². The molecule has 19 heavy (non-hydrogen) atoms. The highest BCUT2D eigenvalue weighted by Crippen LogP contribution is 2.25. The number of piperidine rings is 1. The molecule has 102 valence electrons. The minimum Gasteiger partial charge on any atom is -0.207 e. The lowest BCUT2D eigenvalue weighted by Crippen LogP contribution is -2.38. The average Bonchev–Trinajstić information content (AvgIpc) is 2.40. The van der Waals surface area contributed by atoms with E-state index >= 15 is 0 Å². The van der Waals surface area contributed by atoms with Crippen molar-refractivity contribution in [2.45, 2.75) is 31.1 Å². The first-order valence-electron chi connectivity index (χ1n) is 6.48. The summed E-state index contributed by atoms with van der Waals surface area (Å²) in [5, 5.41) is 8.67. The lowest BCUT2D eigenvalue weighted by Gasteiger charge is -2.30. The molecule has 0 bridgehead atoms. The molecule has 1 aliphatic rings. The molecule has 1 saturated heterocycles. The van der Waals surface area contributed by atoms with Crippen molar-refractivity contribution in [2.75, 3.05) is 13.1 Å². The van der Waals surface area contributed by atoms with Gasteiger partial charge in [0.05, 0.1) is 11.0 Å². The Balaban J connectivity index is 2.10. The van der Waals surface area contributed by atoms with Crippen LogP contribution >= 0.6 is 0 Å². The van der Waals surface area contributed by atoms with Crippen LogP contribution in [0.1, 0.15) is 24.8 Å². The van der Waals surface area contributed by atoms with Gasteiger partial charge < -0.3 is 0 Å². The quantitative estimate of drug-likeness (QED) is 0.852. The van der Waals surface area contributed by atoms with Gasteiger partial charge in [-0.25, -0.2) is 8.42 Å². The Morgan fingerprint density at radius 1 is 1.26 bits per heavy atom. The highest BCUT2D eigenvalue weighted by molar-refractivity contribution is 7.89. The first-order chi connectivity index (χ1) is 9.04. The molecule has 0 aromatic heterocycles. The van der Waals surface area contributed by atoms with Gasteiger partial charge in [0.2, 0.25) is 10.0 Å². The van der Waals surface area contributed by atoms with Crippen LogP contribution in [0.25, 0.3) is 0 Å². The van der Waals surface area contributed by atoms with E-state index in [9.17, 15) is 8.42 Å². The van der Waals surface area contributed by atoms with Crippen LogP contribution in [0, 0.1) is 24.2 Å². The van der Waals surface area contributed by atoms with Crippen molar-refractivity contribution in [3.63, 3.8) is 0 Å². The van der Waals surface area contributed by atoms with Crippen LogP contribution in [-0.2, 0) is 10.0 Å². The topological polar surface area (TPSA) is 61.2 Å². The maximum absolute atomic E-state index is 12.4. The van der Waals surface area contributed by atoms with Crippen LogP contribution in [0.3, 0.4) is 0 Å². The lowest BCUT2D eigenvalue weighted by molar-refractivity contribution is 0.276. The van der Waals surface area contributed by atoms with Crippen molar-refractivity contribution in [3.05, 3.63) is 29.8 Å². The van der Waals surface area contributed by atoms with Gasteiger partial charge in [-0.3, -0.25) is 0 Å². The highest BCUT2D eigenvalue weighted by atomic mass is 32.2. The average molecular weight is 278 g/mol. The molecule has 1 aromatic carbocycles. The fourth-order valence-corrected chi connectivity index (χ4v) is 3.81. The molecule has 1 fully saturated rings. The molecule has 1 heterocycles. The predicted octanol–water partition coefficient (Wildman–Crippen LogP) is 2.31. The molecule has 0 spiro atoms. The van der Waals surface area contributed by atoms with Gasteiger partial charge >= 0.3 is 0 Å². The lowest BCUT2D eigenvalue weighted by atomic mass is 9.95. The molecule has 2 rings (SSSR count). The van der Waals surface area contributed by atoms with Crippen LogP contribution in [0.2, 0.25) is 0 Å². The molecule has 5 heteroatoms. The number of rotatable bonds is 3. The summed E-state index contributed by atoms with van der Waals surface area (Å²) in [6, 6.07) is 9.11. The van der Waals surface area contributed by atoms with E-state index in [4.69, 9.17) is 5.26 Å². The summed E-state index contributed by atoms with van der Waals surface area (Å²) in [7, 11) is -3.37. The van der Waals surface area contributed by atoms with Crippen LogP contribution in [0.15, 0.2) is 29.2 Å². The van der Waals surface area contributed by atoms with Gasteiger partial charge in [-0.1, -0.05) is 17.7 Å². The van der Waals surface area contributed by atoms with Gasteiger partial charge in [0.25, 0.3) is 0 Å². The van der Waals surface area contributed by atoms with Crippen molar-refractivity contribution >= 4 is 10.0 Å². The van der Waals surface area contributed by atoms with E-state index in [1.54, 1.807) is 12.1 Å². The van der Waals surface area contributed by atoms with E-state index in [0.29, 0.717) is 30.3 Å². The van der Waals surface area contributed by atoms with Crippen molar-refractivity contribution in [3.8, 4) is 6.07 Å². The van der Waals surface area contributed by atoms with Gasteiger partial charge in [0.1, 0.15) is 0 Å². The third-order valence-electron chi connectivity index (χ3n) is 3.61. The van der Waals surface area contributed by atoms with Gasteiger partial charge in [-0.05, 0) is 37.8 Å². The second-order valence-electron chi connectivity index (χ2n) is 5.02. The monoisotopic (exact) mass is 278 g/mol. The number of sulfonamides is 1. The molecular formula is C14H18N2O2S. The van der Waals surface area contributed by atoms with Gasteiger partial charge in [-0.15, -0.1) is 0 Å². The number of hydrogen-bond acceptors (Lipinski definition) is 3. The predicted molar refractivity (Wildman–Crippen MR) is 72.9 cm³/mol. The summed E-state index contributed by atoms with van der Waals surface area (Å²) in [6.07, 6.45) is 2.08. The van der Waals surface area contributed by atoms with Crippen molar-refractivity contribution in [2.24, 2.45) is 5.92 Å². The molecule has 1 aromatic rings. The standard InChI is InChI=1S/C14H18N2O2S/c1-12-2-4-14(5-3-12)19(17,18)16-10-7-13(6-9-15)8-11-16/h2-5,13H,6-8,10-11H2,1H3. The minimum atomic E-state index is -3.37. The molecule has 0 amide bonds. The fourth-order valence-electron chi connectivity index (χ4n) is 2.34. The largest absolute Gasteiger partial charge is 0.243 e. The Morgan fingerprint density at radius 3 is 2.37 bits per heavy atom. The highest BCUT2D eigenvalue weighted by Gasteiger charge is 2.29. The molecule has 0 aliphatic carbocycles. The third kappa shape index (κ3) is 3.14. The minimum absolute atomic E-state index is 0.342. The molecule has 4 nitrogen and oxygen atoms in total. The normalized spacial score (nSPS) is 18.1. The Kier molecular flexibility index (Phi) is 4.23.